The monoisotopic (exact) mass is 326 g/mol. The molecule has 0 aliphatic carbocycles. The molecule has 5 nitrogen and oxygen atoms in total. The molecule has 24 heavy (non-hydrogen) atoms. The second-order valence-corrected chi connectivity index (χ2v) is 6.27. The number of nitrogens with zero attached hydrogens (tertiary/aromatic N) is 1. The number of hydrogen-bond donors (Lipinski definition) is 3. The van der Waals surface area contributed by atoms with Crippen LogP contribution in [0.2, 0.25) is 0 Å². The van der Waals surface area contributed by atoms with Gasteiger partial charge in [0.15, 0.2) is 6.54 Å². The third kappa shape index (κ3) is 3.86. The van der Waals surface area contributed by atoms with Gasteiger partial charge in [-0.1, -0.05) is 30.3 Å². The van der Waals surface area contributed by atoms with Crippen LogP contribution in [0.25, 0.3) is 0 Å². The molecular weight excluding hydrogens is 302 g/mol. The summed E-state index contributed by atoms with van der Waals surface area (Å²) >= 11 is 0. The van der Waals surface area contributed by atoms with E-state index in [4.69, 9.17) is 0 Å². The smallest absolute Gasteiger partial charge is 0.279 e. The van der Waals surface area contributed by atoms with Crippen molar-refractivity contribution in [3.8, 4) is 5.75 Å². The highest BCUT2D eigenvalue weighted by atomic mass is 16.3. The number of hydrogen-bond acceptors (Lipinski definition) is 3. The normalized spacial score (nSPS) is 15.3. The van der Waals surface area contributed by atoms with E-state index in [1.165, 1.54) is 4.90 Å². The van der Waals surface area contributed by atoms with Crippen LogP contribution in [0.1, 0.15) is 5.56 Å². The molecule has 1 aliphatic rings. The lowest BCUT2D eigenvalue weighted by atomic mass is 10.2. The molecular formula is C19H24N3O2+. The maximum atomic E-state index is 12.3. The molecule has 1 fully saturated rings. The van der Waals surface area contributed by atoms with Crippen molar-refractivity contribution >= 4 is 17.3 Å². The van der Waals surface area contributed by atoms with Crippen molar-refractivity contribution in [2.24, 2.45) is 0 Å². The van der Waals surface area contributed by atoms with Gasteiger partial charge in [-0.05, 0) is 30.7 Å². The van der Waals surface area contributed by atoms with E-state index in [2.05, 4.69) is 10.2 Å². The van der Waals surface area contributed by atoms with E-state index in [0.29, 0.717) is 12.3 Å². The Bertz CT molecular complexity index is 709. The minimum atomic E-state index is 0.0512. The average Bonchev–Trinajstić information content (AvgIpc) is 2.58. The zero-order valence-corrected chi connectivity index (χ0v) is 14.0. The largest absolute Gasteiger partial charge is 0.506 e. The van der Waals surface area contributed by atoms with Gasteiger partial charge in [0.2, 0.25) is 0 Å². The first-order valence-electron chi connectivity index (χ1n) is 8.35. The summed E-state index contributed by atoms with van der Waals surface area (Å²) in [5.74, 6) is 0.369. The lowest BCUT2D eigenvalue weighted by molar-refractivity contribution is -0.892. The van der Waals surface area contributed by atoms with Crippen LogP contribution in [0.5, 0.6) is 5.75 Å². The number of benzene rings is 2. The molecule has 0 atom stereocenters. The number of phenolic OH excluding ortho intramolecular Hbond substituents is 1. The summed E-state index contributed by atoms with van der Waals surface area (Å²) < 4.78 is 0. The predicted octanol–water partition coefficient (Wildman–Crippen LogP) is 1.04. The summed E-state index contributed by atoms with van der Waals surface area (Å²) in [5, 5.41) is 12.9. The molecule has 1 heterocycles. The molecule has 0 radical (unpaired) electrons. The molecule has 126 valence electrons. The molecule has 0 unspecified atom stereocenters. The molecule has 5 heteroatoms. The summed E-state index contributed by atoms with van der Waals surface area (Å²) in [6.07, 6.45) is 0. The van der Waals surface area contributed by atoms with Gasteiger partial charge in [-0.15, -0.1) is 0 Å². The third-order valence-corrected chi connectivity index (χ3v) is 4.52. The molecule has 2 aromatic carbocycles. The quantitative estimate of drug-likeness (QED) is 0.787. The summed E-state index contributed by atoms with van der Waals surface area (Å²) in [4.78, 5) is 15.7. The molecule has 3 N–H and O–H groups in total. The van der Waals surface area contributed by atoms with Crippen LogP contribution in [-0.2, 0) is 4.79 Å². The van der Waals surface area contributed by atoms with Crippen molar-refractivity contribution < 1.29 is 14.8 Å². The van der Waals surface area contributed by atoms with Gasteiger partial charge in [0.25, 0.3) is 5.91 Å². The van der Waals surface area contributed by atoms with Gasteiger partial charge in [0, 0.05) is 5.69 Å². The van der Waals surface area contributed by atoms with E-state index in [9.17, 15) is 9.90 Å². The van der Waals surface area contributed by atoms with E-state index < -0.39 is 0 Å². The number of para-hydroxylation sites is 3. The second-order valence-electron chi connectivity index (χ2n) is 6.27. The minimum Gasteiger partial charge on any atom is -0.506 e. The van der Waals surface area contributed by atoms with Crippen LogP contribution < -0.4 is 15.1 Å². The fourth-order valence-corrected chi connectivity index (χ4v) is 3.11. The fraction of sp³-hybridized carbons (Fsp3) is 0.316. The standard InChI is InChI=1S/C19H23N3O2/c1-15-6-2-3-7-16(15)20-19(24)14-21-10-12-22(13-11-21)17-8-4-5-9-18(17)23/h2-9,23H,10-14H2,1H3,(H,20,24)/p+1. The lowest BCUT2D eigenvalue weighted by Gasteiger charge is -2.33. The van der Waals surface area contributed by atoms with Crippen molar-refractivity contribution in [2.75, 3.05) is 42.9 Å². The number of quaternary nitrogens is 1. The summed E-state index contributed by atoms with van der Waals surface area (Å²) in [7, 11) is 0. The highest BCUT2D eigenvalue weighted by Crippen LogP contribution is 2.25. The van der Waals surface area contributed by atoms with Gasteiger partial charge in [0.05, 0.1) is 31.9 Å². The number of aryl methyl sites for hydroxylation is 1. The molecule has 1 saturated heterocycles. The van der Waals surface area contributed by atoms with Crippen molar-refractivity contribution in [3.63, 3.8) is 0 Å². The van der Waals surface area contributed by atoms with E-state index in [1.807, 2.05) is 49.4 Å². The Labute approximate surface area is 142 Å². The van der Waals surface area contributed by atoms with Gasteiger partial charge in [-0.25, -0.2) is 0 Å². The van der Waals surface area contributed by atoms with Crippen LogP contribution in [0, 0.1) is 6.92 Å². The summed E-state index contributed by atoms with van der Waals surface area (Å²) in [6.45, 7) is 5.91. The molecule has 0 saturated carbocycles. The topological polar surface area (TPSA) is 57.0 Å². The van der Waals surface area contributed by atoms with Crippen molar-refractivity contribution in [1.82, 2.24) is 0 Å². The van der Waals surface area contributed by atoms with Crippen LogP contribution in [0.4, 0.5) is 11.4 Å². The maximum Gasteiger partial charge on any atom is 0.279 e. The second kappa shape index (κ2) is 7.36. The maximum absolute atomic E-state index is 12.3. The van der Waals surface area contributed by atoms with Crippen molar-refractivity contribution in [2.45, 2.75) is 6.92 Å². The molecule has 1 aliphatic heterocycles. The van der Waals surface area contributed by atoms with E-state index >= 15 is 0 Å². The SMILES string of the molecule is Cc1ccccc1NC(=O)C[NH+]1CCN(c2ccccc2O)CC1. The first-order chi connectivity index (χ1) is 11.6. The molecule has 2 aromatic rings. The minimum absolute atomic E-state index is 0.0512. The Morgan fingerprint density at radius 1 is 1.12 bits per heavy atom. The Kier molecular flexibility index (Phi) is 5.01. The molecule has 0 bridgehead atoms. The van der Waals surface area contributed by atoms with Gasteiger partial charge < -0.3 is 20.2 Å². The van der Waals surface area contributed by atoms with Crippen molar-refractivity contribution in [1.29, 1.82) is 0 Å². The number of carbonyl (C=O) groups is 1. The summed E-state index contributed by atoms with van der Waals surface area (Å²) in [6, 6.07) is 15.2. The fourth-order valence-electron chi connectivity index (χ4n) is 3.11. The van der Waals surface area contributed by atoms with Crippen LogP contribution in [-0.4, -0.2) is 43.7 Å². The zero-order valence-electron chi connectivity index (χ0n) is 14.0. The molecule has 0 spiro atoms. The number of aromatic hydroxyl groups is 1. The number of amides is 1. The van der Waals surface area contributed by atoms with Crippen LogP contribution in [0.3, 0.4) is 0 Å². The number of carbonyl (C=O) groups excluding carboxylic acids is 1. The molecule has 3 rings (SSSR count). The highest BCUT2D eigenvalue weighted by Gasteiger charge is 2.23. The zero-order chi connectivity index (χ0) is 16.9. The highest BCUT2D eigenvalue weighted by molar-refractivity contribution is 5.92. The van der Waals surface area contributed by atoms with E-state index in [1.54, 1.807) is 6.07 Å². The first kappa shape index (κ1) is 16.3. The number of piperazine rings is 1. The molecule has 0 aromatic heterocycles. The number of rotatable bonds is 4. The van der Waals surface area contributed by atoms with E-state index in [-0.39, 0.29) is 5.91 Å². The van der Waals surface area contributed by atoms with Crippen molar-refractivity contribution in [3.05, 3.63) is 54.1 Å². The Morgan fingerprint density at radius 3 is 2.50 bits per heavy atom. The third-order valence-electron chi connectivity index (χ3n) is 4.52. The summed E-state index contributed by atoms with van der Waals surface area (Å²) in [5.41, 5.74) is 2.83. The Balaban J connectivity index is 1.51. The van der Waals surface area contributed by atoms with Gasteiger partial charge in [-0.2, -0.15) is 0 Å². The Hall–Kier alpha value is -2.53. The predicted molar refractivity (Wildman–Crippen MR) is 95.7 cm³/mol. The molecule has 1 amide bonds. The lowest BCUT2D eigenvalue weighted by Crippen LogP contribution is -3.15. The Morgan fingerprint density at radius 2 is 1.79 bits per heavy atom. The van der Waals surface area contributed by atoms with E-state index in [0.717, 1.165) is 43.1 Å². The average molecular weight is 326 g/mol. The number of nitrogens with one attached hydrogen (secondary N) is 2. The van der Waals surface area contributed by atoms with Gasteiger partial charge in [-0.3, -0.25) is 4.79 Å². The van der Waals surface area contributed by atoms with Gasteiger partial charge in [0.1, 0.15) is 5.75 Å². The number of anilines is 2. The van der Waals surface area contributed by atoms with Gasteiger partial charge >= 0.3 is 0 Å². The van der Waals surface area contributed by atoms with Crippen LogP contribution in [0.15, 0.2) is 48.5 Å². The van der Waals surface area contributed by atoms with Crippen LogP contribution >= 0.6 is 0 Å². The first-order valence-corrected chi connectivity index (χ1v) is 8.35. The number of phenols is 1.